The van der Waals surface area contributed by atoms with E-state index in [0.29, 0.717) is 0 Å². The quantitative estimate of drug-likeness (QED) is 0.455. The van der Waals surface area contributed by atoms with E-state index < -0.39 is 17.8 Å². The van der Waals surface area contributed by atoms with Gasteiger partial charge in [0.2, 0.25) is 0 Å². The van der Waals surface area contributed by atoms with E-state index in [4.69, 9.17) is 0 Å². The predicted molar refractivity (Wildman–Crippen MR) is 63.3 cm³/mol. The zero-order valence-electron chi connectivity index (χ0n) is 10.1. The van der Waals surface area contributed by atoms with Gasteiger partial charge in [0.15, 0.2) is 6.04 Å². The first-order chi connectivity index (χ1) is 8.06. The third kappa shape index (κ3) is 3.55. The van der Waals surface area contributed by atoms with Gasteiger partial charge in [-0.15, -0.1) is 0 Å². The number of halogens is 1. The number of nitrogens with zero attached hydrogens (tertiary/aromatic N) is 2. The molecule has 0 fully saturated rings. The molecule has 0 bridgehead atoms. The number of ether oxygens (including phenoxy) is 1. The van der Waals surface area contributed by atoms with Crippen LogP contribution < -0.4 is 0 Å². The van der Waals surface area contributed by atoms with Gasteiger partial charge in [-0.1, -0.05) is 18.2 Å². The van der Waals surface area contributed by atoms with Gasteiger partial charge in [-0.3, -0.25) is 4.99 Å². The van der Waals surface area contributed by atoms with E-state index in [1.54, 1.807) is 31.1 Å². The highest BCUT2D eigenvalue weighted by Gasteiger charge is 2.22. The van der Waals surface area contributed by atoms with Gasteiger partial charge in [-0.2, -0.15) is 0 Å². The van der Waals surface area contributed by atoms with Crippen molar-refractivity contribution >= 4 is 12.3 Å². The van der Waals surface area contributed by atoms with Crippen molar-refractivity contribution in [2.45, 2.75) is 6.04 Å². The van der Waals surface area contributed by atoms with Crippen LogP contribution in [0.1, 0.15) is 11.6 Å². The lowest BCUT2D eigenvalue weighted by Gasteiger charge is -2.12. The molecular formula is C12H15FN2O2. The SMILES string of the molecule is COC(=O)C(N=CN(C)C)c1ccccc1F. The molecule has 0 saturated heterocycles. The van der Waals surface area contributed by atoms with Crippen LogP contribution in [-0.2, 0) is 9.53 Å². The Kier molecular flexibility index (Phi) is 4.63. The summed E-state index contributed by atoms with van der Waals surface area (Å²) < 4.78 is 18.2. The number of hydrogen-bond donors (Lipinski definition) is 0. The average Bonchev–Trinajstić information content (AvgIpc) is 2.30. The summed E-state index contributed by atoms with van der Waals surface area (Å²) in [4.78, 5) is 17.2. The van der Waals surface area contributed by atoms with Crippen LogP contribution in [-0.4, -0.2) is 38.4 Å². The van der Waals surface area contributed by atoms with E-state index in [0.717, 1.165) is 0 Å². The monoisotopic (exact) mass is 238 g/mol. The number of hydrogen-bond acceptors (Lipinski definition) is 3. The largest absolute Gasteiger partial charge is 0.467 e. The molecule has 1 rings (SSSR count). The minimum Gasteiger partial charge on any atom is -0.467 e. The van der Waals surface area contributed by atoms with Gasteiger partial charge in [0.25, 0.3) is 0 Å². The maximum Gasteiger partial charge on any atom is 0.335 e. The van der Waals surface area contributed by atoms with Crippen molar-refractivity contribution in [1.29, 1.82) is 0 Å². The molecule has 1 aromatic carbocycles. The van der Waals surface area contributed by atoms with E-state index in [1.165, 1.54) is 25.6 Å². The first-order valence-corrected chi connectivity index (χ1v) is 5.08. The molecule has 0 aliphatic carbocycles. The van der Waals surface area contributed by atoms with Crippen molar-refractivity contribution in [3.8, 4) is 0 Å². The van der Waals surface area contributed by atoms with Gasteiger partial charge in [0, 0.05) is 19.7 Å². The molecule has 0 amide bonds. The lowest BCUT2D eigenvalue weighted by molar-refractivity contribution is -0.142. The Hall–Kier alpha value is -1.91. The van der Waals surface area contributed by atoms with Crippen molar-refractivity contribution in [3.63, 3.8) is 0 Å². The van der Waals surface area contributed by atoms with Gasteiger partial charge < -0.3 is 9.64 Å². The number of carbonyl (C=O) groups is 1. The number of carbonyl (C=O) groups excluding carboxylic acids is 1. The minimum absolute atomic E-state index is 0.206. The van der Waals surface area contributed by atoms with E-state index in [-0.39, 0.29) is 5.56 Å². The number of benzene rings is 1. The third-order valence-corrected chi connectivity index (χ3v) is 2.07. The van der Waals surface area contributed by atoms with Gasteiger partial charge >= 0.3 is 5.97 Å². The molecule has 0 radical (unpaired) electrons. The molecular weight excluding hydrogens is 223 g/mol. The molecule has 0 N–H and O–H groups in total. The highest BCUT2D eigenvalue weighted by molar-refractivity contribution is 5.79. The molecule has 4 nitrogen and oxygen atoms in total. The molecule has 0 heterocycles. The third-order valence-electron chi connectivity index (χ3n) is 2.07. The highest BCUT2D eigenvalue weighted by Crippen LogP contribution is 2.21. The maximum absolute atomic E-state index is 13.6. The Morgan fingerprint density at radius 3 is 2.65 bits per heavy atom. The number of rotatable bonds is 4. The highest BCUT2D eigenvalue weighted by atomic mass is 19.1. The minimum atomic E-state index is -0.969. The summed E-state index contributed by atoms with van der Waals surface area (Å²) in [6, 6.07) is 5.05. The molecule has 92 valence electrons. The Morgan fingerprint density at radius 2 is 2.12 bits per heavy atom. The molecule has 5 heteroatoms. The first-order valence-electron chi connectivity index (χ1n) is 5.08. The molecule has 1 aromatic rings. The summed E-state index contributed by atoms with van der Waals surface area (Å²) in [6.45, 7) is 0. The Labute approximate surface area is 99.7 Å². The fraction of sp³-hybridized carbons (Fsp3) is 0.333. The zero-order valence-corrected chi connectivity index (χ0v) is 10.1. The van der Waals surface area contributed by atoms with Crippen LogP contribution in [0.5, 0.6) is 0 Å². The molecule has 1 unspecified atom stereocenters. The van der Waals surface area contributed by atoms with E-state index in [2.05, 4.69) is 9.73 Å². The van der Waals surface area contributed by atoms with Crippen LogP contribution in [0.4, 0.5) is 4.39 Å². The smallest absolute Gasteiger partial charge is 0.335 e. The second-order valence-corrected chi connectivity index (χ2v) is 3.68. The average molecular weight is 238 g/mol. The second-order valence-electron chi connectivity index (χ2n) is 3.68. The molecule has 17 heavy (non-hydrogen) atoms. The summed E-state index contributed by atoms with van der Waals surface area (Å²) >= 11 is 0. The zero-order chi connectivity index (χ0) is 12.8. The number of methoxy groups -OCH3 is 1. The maximum atomic E-state index is 13.6. The standard InChI is InChI=1S/C12H15FN2O2/c1-15(2)8-14-11(12(16)17-3)9-6-4-5-7-10(9)13/h4-8,11H,1-3H3. The van der Waals surface area contributed by atoms with Crippen molar-refractivity contribution in [2.75, 3.05) is 21.2 Å². The van der Waals surface area contributed by atoms with E-state index in [9.17, 15) is 9.18 Å². The summed E-state index contributed by atoms with van der Waals surface area (Å²) in [7, 11) is 4.78. The molecule has 0 saturated carbocycles. The second kappa shape index (κ2) is 5.98. The fourth-order valence-corrected chi connectivity index (χ4v) is 1.28. The van der Waals surface area contributed by atoms with Crippen LogP contribution >= 0.6 is 0 Å². The van der Waals surface area contributed by atoms with Crippen molar-refractivity contribution in [3.05, 3.63) is 35.6 Å². The van der Waals surface area contributed by atoms with Crippen molar-refractivity contribution < 1.29 is 13.9 Å². The Balaban J connectivity index is 3.07. The molecule has 1 atom stereocenters. The van der Waals surface area contributed by atoms with E-state index >= 15 is 0 Å². The first kappa shape index (κ1) is 13.2. The van der Waals surface area contributed by atoms with E-state index in [1.807, 2.05) is 0 Å². The van der Waals surface area contributed by atoms with Gasteiger partial charge in [0.05, 0.1) is 13.4 Å². The van der Waals surface area contributed by atoms with Crippen LogP contribution in [0.15, 0.2) is 29.3 Å². The van der Waals surface area contributed by atoms with Crippen molar-refractivity contribution in [2.24, 2.45) is 4.99 Å². The molecule has 0 aliphatic rings. The van der Waals surface area contributed by atoms with Gasteiger partial charge in [-0.25, -0.2) is 9.18 Å². The summed E-state index contributed by atoms with van der Waals surface area (Å²) in [5.74, 6) is -1.06. The lowest BCUT2D eigenvalue weighted by atomic mass is 10.1. The lowest BCUT2D eigenvalue weighted by Crippen LogP contribution is -2.16. The molecule has 0 aliphatic heterocycles. The van der Waals surface area contributed by atoms with Crippen LogP contribution in [0.25, 0.3) is 0 Å². The summed E-state index contributed by atoms with van der Waals surface area (Å²) in [5.41, 5.74) is 0.206. The van der Waals surface area contributed by atoms with Gasteiger partial charge in [-0.05, 0) is 6.07 Å². The van der Waals surface area contributed by atoms with Crippen molar-refractivity contribution in [1.82, 2.24) is 4.90 Å². The van der Waals surface area contributed by atoms with Gasteiger partial charge in [0.1, 0.15) is 5.82 Å². The Morgan fingerprint density at radius 1 is 1.47 bits per heavy atom. The predicted octanol–water partition coefficient (Wildman–Crippen LogP) is 1.63. The topological polar surface area (TPSA) is 41.9 Å². The summed E-state index contributed by atoms with van der Waals surface area (Å²) in [6.07, 6.45) is 1.45. The fourth-order valence-electron chi connectivity index (χ4n) is 1.28. The number of esters is 1. The summed E-state index contributed by atoms with van der Waals surface area (Å²) in [5, 5.41) is 0. The molecule has 0 aromatic heterocycles. The Bertz CT molecular complexity index is 419. The number of aliphatic imine (C=N–C) groups is 1. The normalized spacial score (nSPS) is 12.5. The van der Waals surface area contributed by atoms with Crippen LogP contribution in [0.3, 0.4) is 0 Å². The molecule has 0 spiro atoms. The van der Waals surface area contributed by atoms with Crippen LogP contribution in [0, 0.1) is 5.82 Å². The van der Waals surface area contributed by atoms with Crippen LogP contribution in [0.2, 0.25) is 0 Å².